The Hall–Kier alpha value is -2.37. The van der Waals surface area contributed by atoms with Crippen molar-refractivity contribution in [1.82, 2.24) is 9.78 Å². The number of carboxylic acid groups (broad SMARTS) is 1. The van der Waals surface area contributed by atoms with Gasteiger partial charge in [-0.25, -0.2) is 9.18 Å². The molecule has 0 amide bonds. The van der Waals surface area contributed by atoms with E-state index in [-0.39, 0.29) is 18.1 Å². The maximum atomic E-state index is 12.7. The van der Waals surface area contributed by atoms with Crippen LogP contribution < -0.4 is 4.74 Å². The predicted octanol–water partition coefficient (Wildman–Crippen LogP) is 2.11. The third kappa shape index (κ3) is 3.31. The Bertz CT molecular complexity index is 578. The molecular formula is C13H13FN2O3. The van der Waals surface area contributed by atoms with Crippen LogP contribution in [-0.4, -0.2) is 27.5 Å². The van der Waals surface area contributed by atoms with Gasteiger partial charge in [0.2, 0.25) is 0 Å². The van der Waals surface area contributed by atoms with Crippen LogP contribution in [0.3, 0.4) is 0 Å². The highest BCUT2D eigenvalue weighted by atomic mass is 19.1. The van der Waals surface area contributed by atoms with E-state index in [2.05, 4.69) is 5.10 Å². The van der Waals surface area contributed by atoms with Crippen LogP contribution in [0.1, 0.15) is 16.2 Å². The fraction of sp³-hybridized carbons (Fsp3) is 0.231. The summed E-state index contributed by atoms with van der Waals surface area (Å²) in [4.78, 5) is 11.0. The summed E-state index contributed by atoms with van der Waals surface area (Å²) in [6, 6.07) is 7.13. The molecular weight excluding hydrogens is 251 g/mol. The molecule has 0 fully saturated rings. The monoisotopic (exact) mass is 264 g/mol. The smallest absolute Gasteiger partial charge is 0.354 e. The number of ether oxygens (including phenoxy) is 1. The molecule has 1 aromatic heterocycles. The van der Waals surface area contributed by atoms with Crippen LogP contribution in [0.2, 0.25) is 0 Å². The van der Waals surface area contributed by atoms with Gasteiger partial charge in [-0.15, -0.1) is 0 Å². The van der Waals surface area contributed by atoms with Gasteiger partial charge in [-0.3, -0.25) is 4.68 Å². The van der Waals surface area contributed by atoms with Crippen LogP contribution in [0.5, 0.6) is 5.75 Å². The van der Waals surface area contributed by atoms with E-state index >= 15 is 0 Å². The molecule has 0 spiro atoms. The normalized spacial score (nSPS) is 10.4. The van der Waals surface area contributed by atoms with Crippen molar-refractivity contribution in [2.75, 3.05) is 6.61 Å². The summed E-state index contributed by atoms with van der Waals surface area (Å²) in [5.41, 5.74) is 0.763. The molecule has 19 heavy (non-hydrogen) atoms. The Morgan fingerprint density at radius 3 is 2.74 bits per heavy atom. The topological polar surface area (TPSA) is 64.3 Å². The second-order valence-corrected chi connectivity index (χ2v) is 4.00. The zero-order chi connectivity index (χ0) is 13.8. The first kappa shape index (κ1) is 13.1. The largest absolute Gasteiger partial charge is 0.492 e. The number of carbonyl (C=O) groups is 1. The fourth-order valence-corrected chi connectivity index (χ4v) is 1.67. The summed E-state index contributed by atoms with van der Waals surface area (Å²) in [6.45, 7) is 2.30. The van der Waals surface area contributed by atoms with E-state index in [1.807, 2.05) is 0 Å². The first-order chi connectivity index (χ1) is 9.06. The van der Waals surface area contributed by atoms with E-state index in [0.717, 1.165) is 0 Å². The summed E-state index contributed by atoms with van der Waals surface area (Å²) < 4.78 is 19.4. The van der Waals surface area contributed by atoms with Gasteiger partial charge >= 0.3 is 5.97 Å². The molecule has 1 heterocycles. The van der Waals surface area contributed by atoms with Gasteiger partial charge in [-0.05, 0) is 37.3 Å². The van der Waals surface area contributed by atoms with Crippen molar-refractivity contribution in [2.45, 2.75) is 13.5 Å². The number of hydrogen-bond donors (Lipinski definition) is 1. The van der Waals surface area contributed by atoms with Crippen molar-refractivity contribution >= 4 is 5.97 Å². The van der Waals surface area contributed by atoms with Crippen LogP contribution in [0.4, 0.5) is 4.39 Å². The van der Waals surface area contributed by atoms with Crippen molar-refractivity contribution in [3.63, 3.8) is 0 Å². The molecule has 0 aliphatic carbocycles. The van der Waals surface area contributed by atoms with E-state index in [0.29, 0.717) is 18.0 Å². The van der Waals surface area contributed by atoms with Gasteiger partial charge in [0.05, 0.1) is 12.2 Å². The molecule has 0 unspecified atom stereocenters. The molecule has 6 heteroatoms. The van der Waals surface area contributed by atoms with Crippen molar-refractivity contribution in [1.29, 1.82) is 0 Å². The van der Waals surface area contributed by atoms with Gasteiger partial charge in [0.25, 0.3) is 0 Å². The molecule has 2 aromatic rings. The third-order valence-electron chi connectivity index (χ3n) is 2.51. The average Bonchev–Trinajstić information content (AvgIpc) is 2.73. The van der Waals surface area contributed by atoms with Crippen molar-refractivity contribution in [2.24, 2.45) is 0 Å². The molecule has 0 saturated heterocycles. The lowest BCUT2D eigenvalue weighted by Gasteiger charge is -2.07. The van der Waals surface area contributed by atoms with Crippen LogP contribution >= 0.6 is 0 Å². The van der Waals surface area contributed by atoms with E-state index in [1.165, 1.54) is 35.0 Å². The SMILES string of the molecule is Cc1cc(C(=O)O)n(CCOc2ccc(F)cc2)n1. The molecule has 0 saturated carbocycles. The van der Waals surface area contributed by atoms with Gasteiger partial charge in [0, 0.05) is 0 Å². The summed E-state index contributed by atoms with van der Waals surface area (Å²) in [5.74, 6) is -0.826. The van der Waals surface area contributed by atoms with Crippen LogP contribution in [0.15, 0.2) is 30.3 Å². The molecule has 1 N–H and O–H groups in total. The van der Waals surface area contributed by atoms with E-state index in [1.54, 1.807) is 6.92 Å². The van der Waals surface area contributed by atoms with E-state index < -0.39 is 5.97 Å². The maximum absolute atomic E-state index is 12.7. The van der Waals surface area contributed by atoms with Crippen LogP contribution in [0.25, 0.3) is 0 Å². The summed E-state index contributed by atoms with van der Waals surface area (Å²) in [5, 5.41) is 13.1. The highest BCUT2D eigenvalue weighted by Gasteiger charge is 2.12. The molecule has 0 atom stereocenters. The number of halogens is 1. The number of nitrogens with zero attached hydrogens (tertiary/aromatic N) is 2. The first-order valence-corrected chi connectivity index (χ1v) is 5.72. The predicted molar refractivity (Wildman–Crippen MR) is 65.8 cm³/mol. The molecule has 100 valence electrons. The zero-order valence-corrected chi connectivity index (χ0v) is 10.3. The van der Waals surface area contributed by atoms with Gasteiger partial charge in [-0.2, -0.15) is 5.10 Å². The lowest BCUT2D eigenvalue weighted by Crippen LogP contribution is -2.15. The van der Waals surface area contributed by atoms with Crippen molar-refractivity contribution in [3.8, 4) is 5.75 Å². The lowest BCUT2D eigenvalue weighted by atomic mass is 10.3. The lowest BCUT2D eigenvalue weighted by molar-refractivity contribution is 0.0682. The highest BCUT2D eigenvalue weighted by molar-refractivity contribution is 5.85. The average molecular weight is 264 g/mol. The van der Waals surface area contributed by atoms with Crippen LogP contribution in [-0.2, 0) is 6.54 Å². The standard InChI is InChI=1S/C13H13FN2O3/c1-9-8-12(13(17)18)16(15-9)6-7-19-11-4-2-10(14)3-5-11/h2-5,8H,6-7H2,1H3,(H,17,18). The second-order valence-electron chi connectivity index (χ2n) is 4.00. The Kier molecular flexibility index (Phi) is 3.79. The number of carboxylic acids is 1. The van der Waals surface area contributed by atoms with Gasteiger partial charge in [-0.1, -0.05) is 0 Å². The highest BCUT2D eigenvalue weighted by Crippen LogP contribution is 2.11. The number of aromatic nitrogens is 2. The minimum absolute atomic E-state index is 0.125. The number of rotatable bonds is 5. The second kappa shape index (κ2) is 5.51. The van der Waals surface area contributed by atoms with Crippen LogP contribution in [0, 0.1) is 12.7 Å². The molecule has 0 aliphatic rings. The molecule has 0 aliphatic heterocycles. The molecule has 1 aromatic carbocycles. The number of aromatic carboxylic acids is 1. The maximum Gasteiger partial charge on any atom is 0.354 e. The quantitative estimate of drug-likeness (QED) is 0.898. The van der Waals surface area contributed by atoms with Crippen molar-refractivity contribution < 1.29 is 19.0 Å². The van der Waals surface area contributed by atoms with Gasteiger partial charge in [0.15, 0.2) is 0 Å². The van der Waals surface area contributed by atoms with E-state index in [4.69, 9.17) is 9.84 Å². The number of hydrogen-bond acceptors (Lipinski definition) is 3. The molecule has 0 radical (unpaired) electrons. The Morgan fingerprint density at radius 1 is 1.42 bits per heavy atom. The summed E-state index contributed by atoms with van der Waals surface area (Å²) in [6.07, 6.45) is 0. The Balaban J connectivity index is 1.96. The zero-order valence-electron chi connectivity index (χ0n) is 10.3. The minimum Gasteiger partial charge on any atom is -0.492 e. The molecule has 2 rings (SSSR count). The van der Waals surface area contributed by atoms with Crippen molar-refractivity contribution in [3.05, 3.63) is 47.5 Å². The number of aryl methyl sites for hydroxylation is 1. The Labute approximate surface area is 109 Å². The molecule has 5 nitrogen and oxygen atoms in total. The molecule has 0 bridgehead atoms. The van der Waals surface area contributed by atoms with E-state index in [9.17, 15) is 9.18 Å². The summed E-state index contributed by atoms with van der Waals surface area (Å²) in [7, 11) is 0. The van der Waals surface area contributed by atoms with Gasteiger partial charge < -0.3 is 9.84 Å². The first-order valence-electron chi connectivity index (χ1n) is 5.72. The Morgan fingerprint density at radius 2 is 2.11 bits per heavy atom. The fourth-order valence-electron chi connectivity index (χ4n) is 1.67. The third-order valence-corrected chi connectivity index (χ3v) is 2.51. The minimum atomic E-state index is -1.03. The number of benzene rings is 1. The summed E-state index contributed by atoms with van der Waals surface area (Å²) >= 11 is 0. The van der Waals surface area contributed by atoms with Gasteiger partial charge in [0.1, 0.15) is 23.9 Å².